The minimum atomic E-state index is -1.08. The first-order valence-corrected chi connectivity index (χ1v) is 6.47. The average molecular weight is 242 g/mol. The van der Waals surface area contributed by atoms with Crippen molar-refractivity contribution in [1.82, 2.24) is 4.98 Å². The summed E-state index contributed by atoms with van der Waals surface area (Å²) < 4.78 is 13.2. The van der Waals surface area contributed by atoms with Gasteiger partial charge in [-0.15, -0.1) is 11.8 Å². The molecule has 5 heteroatoms. The molecule has 0 saturated carbocycles. The molecule has 15 heavy (non-hydrogen) atoms. The summed E-state index contributed by atoms with van der Waals surface area (Å²) in [5, 5.41) is 9.43. The van der Waals surface area contributed by atoms with Gasteiger partial charge in [0.05, 0.1) is 5.56 Å². The first-order chi connectivity index (χ1) is 7.08. The number of nitriles is 1. The molecule has 0 aliphatic carbocycles. The molecule has 0 amide bonds. The van der Waals surface area contributed by atoms with Gasteiger partial charge < -0.3 is 0 Å². The summed E-state index contributed by atoms with van der Waals surface area (Å²) in [5.41, 5.74) is 2.13. The van der Waals surface area contributed by atoms with Crippen LogP contribution in [0.25, 0.3) is 0 Å². The van der Waals surface area contributed by atoms with Crippen LogP contribution in [0.3, 0.4) is 0 Å². The third kappa shape index (κ3) is 3.11. The van der Waals surface area contributed by atoms with E-state index in [1.165, 1.54) is 0 Å². The van der Waals surface area contributed by atoms with E-state index in [9.17, 15) is 4.39 Å². The molecular formula is C10H11FN2S2. The van der Waals surface area contributed by atoms with Crippen LogP contribution in [0.2, 0.25) is 0 Å². The predicted molar refractivity (Wildman–Crippen MR) is 62.7 cm³/mol. The van der Waals surface area contributed by atoms with E-state index in [0.29, 0.717) is 10.6 Å². The van der Waals surface area contributed by atoms with Crippen molar-refractivity contribution >= 4 is 23.5 Å². The molecule has 1 aromatic rings. The molecule has 1 unspecified atom stereocenters. The molecule has 2 nitrogen and oxygen atoms in total. The normalized spacial score (nSPS) is 12.2. The highest BCUT2D eigenvalue weighted by molar-refractivity contribution is 8.16. The maximum Gasteiger partial charge on any atom is 0.197 e. The molecule has 80 valence electrons. The lowest BCUT2D eigenvalue weighted by Gasteiger charge is -2.08. The molecular weight excluding hydrogens is 231 g/mol. The summed E-state index contributed by atoms with van der Waals surface area (Å²) in [6, 6.07) is 3.89. The molecule has 1 atom stereocenters. The minimum absolute atomic E-state index is 0.474. The van der Waals surface area contributed by atoms with Gasteiger partial charge >= 0.3 is 0 Å². The molecule has 0 radical (unpaired) electrons. The number of rotatable bonds is 3. The van der Waals surface area contributed by atoms with Crippen LogP contribution in [0, 0.1) is 25.2 Å². The van der Waals surface area contributed by atoms with Gasteiger partial charge in [-0.2, -0.15) is 5.26 Å². The zero-order valence-electron chi connectivity index (χ0n) is 8.74. The zero-order valence-corrected chi connectivity index (χ0v) is 10.4. The van der Waals surface area contributed by atoms with Gasteiger partial charge in [-0.05, 0) is 31.7 Å². The minimum Gasteiger partial charge on any atom is -0.245 e. The Morgan fingerprint density at radius 2 is 2.20 bits per heavy atom. The summed E-state index contributed by atoms with van der Waals surface area (Å²) >= 11 is 2.08. The van der Waals surface area contributed by atoms with Crippen molar-refractivity contribution in [1.29, 1.82) is 5.26 Å². The lowest BCUT2D eigenvalue weighted by molar-refractivity contribution is 0.568. The number of nitrogens with zero attached hydrogens (tertiary/aromatic N) is 2. The van der Waals surface area contributed by atoms with Crippen LogP contribution in [0.4, 0.5) is 4.39 Å². The molecule has 0 aromatic carbocycles. The molecule has 0 saturated heterocycles. The summed E-state index contributed by atoms with van der Waals surface area (Å²) in [5.74, 6) is 0. The Morgan fingerprint density at radius 1 is 1.53 bits per heavy atom. The second kappa shape index (κ2) is 5.38. The van der Waals surface area contributed by atoms with E-state index in [1.54, 1.807) is 6.26 Å². The van der Waals surface area contributed by atoms with Crippen molar-refractivity contribution in [3.05, 3.63) is 22.9 Å². The Bertz CT molecular complexity index is 401. The maximum absolute atomic E-state index is 13.2. The summed E-state index contributed by atoms with van der Waals surface area (Å²) in [6.07, 6.45) is 1.69. The van der Waals surface area contributed by atoms with Crippen molar-refractivity contribution in [2.24, 2.45) is 0 Å². The number of hydrogen-bond donors (Lipinski definition) is 0. The second-order valence-corrected chi connectivity index (χ2v) is 5.22. The maximum atomic E-state index is 13.2. The number of halogens is 1. The van der Waals surface area contributed by atoms with Crippen LogP contribution >= 0.6 is 23.5 Å². The van der Waals surface area contributed by atoms with Crippen LogP contribution in [-0.2, 0) is 0 Å². The fourth-order valence-corrected chi connectivity index (χ4v) is 2.51. The van der Waals surface area contributed by atoms with Crippen LogP contribution in [0.15, 0.2) is 11.1 Å². The van der Waals surface area contributed by atoms with Gasteiger partial charge in [0.1, 0.15) is 11.1 Å². The van der Waals surface area contributed by atoms with Gasteiger partial charge in [-0.3, -0.25) is 0 Å². The highest BCUT2D eigenvalue weighted by atomic mass is 32.2. The molecule has 0 aliphatic heterocycles. The van der Waals surface area contributed by atoms with Crippen molar-refractivity contribution in [3.8, 4) is 6.07 Å². The van der Waals surface area contributed by atoms with E-state index >= 15 is 0 Å². The fourth-order valence-electron chi connectivity index (χ4n) is 1.16. The van der Waals surface area contributed by atoms with Crippen LogP contribution < -0.4 is 0 Å². The zero-order chi connectivity index (χ0) is 11.4. The van der Waals surface area contributed by atoms with Crippen molar-refractivity contribution in [2.75, 3.05) is 6.26 Å². The highest BCUT2D eigenvalue weighted by Crippen LogP contribution is 2.32. The number of pyridine rings is 1. The number of aryl methyl sites for hydroxylation is 2. The van der Waals surface area contributed by atoms with E-state index < -0.39 is 4.84 Å². The fraction of sp³-hybridized carbons (Fsp3) is 0.400. The molecule has 0 bridgehead atoms. The van der Waals surface area contributed by atoms with Gasteiger partial charge in [-0.1, -0.05) is 11.8 Å². The molecule has 1 rings (SSSR count). The quantitative estimate of drug-likeness (QED) is 0.602. The Hall–Kier alpha value is -0.730. The second-order valence-electron chi connectivity index (χ2n) is 3.00. The Balaban J connectivity index is 3.10. The van der Waals surface area contributed by atoms with Crippen molar-refractivity contribution in [3.63, 3.8) is 0 Å². The third-order valence-corrected chi connectivity index (χ3v) is 3.75. The largest absolute Gasteiger partial charge is 0.245 e. The predicted octanol–water partition coefficient (Wildman–Crippen LogP) is 3.28. The van der Waals surface area contributed by atoms with Gasteiger partial charge in [-0.25, -0.2) is 9.37 Å². The standard InChI is InChI=1S/C10H11FN2S2/c1-6-4-7(2)13-9(8(6)5-12)15-10(11)14-3/h4,10H,1-3H3. The van der Waals surface area contributed by atoms with Crippen molar-refractivity contribution < 1.29 is 4.39 Å². The Kier molecular flexibility index (Phi) is 4.43. The van der Waals surface area contributed by atoms with Crippen LogP contribution in [0.1, 0.15) is 16.8 Å². The monoisotopic (exact) mass is 242 g/mol. The van der Waals surface area contributed by atoms with Gasteiger partial charge in [0.2, 0.25) is 0 Å². The summed E-state index contributed by atoms with van der Waals surface area (Å²) in [6.45, 7) is 3.67. The molecule has 1 heterocycles. The lowest BCUT2D eigenvalue weighted by Crippen LogP contribution is -1.96. The lowest BCUT2D eigenvalue weighted by atomic mass is 10.1. The van der Waals surface area contributed by atoms with Crippen LogP contribution in [0.5, 0.6) is 0 Å². The molecule has 0 spiro atoms. The molecule has 1 aromatic heterocycles. The topological polar surface area (TPSA) is 36.7 Å². The van der Waals surface area contributed by atoms with Gasteiger partial charge in [0.15, 0.2) is 4.84 Å². The van der Waals surface area contributed by atoms with Crippen molar-refractivity contribution in [2.45, 2.75) is 23.7 Å². The van der Waals surface area contributed by atoms with E-state index in [-0.39, 0.29) is 0 Å². The number of thioether (sulfide) groups is 2. The summed E-state index contributed by atoms with van der Waals surface area (Å²) in [7, 11) is 0. The van der Waals surface area contributed by atoms with E-state index in [2.05, 4.69) is 11.1 Å². The third-order valence-electron chi connectivity index (χ3n) is 1.81. The molecule has 0 aliphatic rings. The van der Waals surface area contributed by atoms with Gasteiger partial charge in [0, 0.05) is 5.69 Å². The Labute approximate surface area is 97.3 Å². The SMILES string of the molecule is CSC(F)Sc1nc(C)cc(C)c1C#N. The highest BCUT2D eigenvalue weighted by Gasteiger charge is 2.14. The molecule has 0 N–H and O–H groups in total. The number of hydrogen-bond acceptors (Lipinski definition) is 4. The van der Waals surface area contributed by atoms with E-state index in [4.69, 9.17) is 5.26 Å². The number of alkyl halides is 1. The first kappa shape index (κ1) is 12.3. The van der Waals surface area contributed by atoms with Gasteiger partial charge in [0.25, 0.3) is 0 Å². The van der Waals surface area contributed by atoms with E-state index in [0.717, 1.165) is 34.8 Å². The first-order valence-electron chi connectivity index (χ1n) is 4.30. The number of aromatic nitrogens is 1. The smallest absolute Gasteiger partial charge is 0.197 e. The Morgan fingerprint density at radius 3 is 2.73 bits per heavy atom. The molecule has 0 fully saturated rings. The van der Waals surface area contributed by atoms with Crippen LogP contribution in [-0.4, -0.2) is 16.1 Å². The summed E-state index contributed by atoms with van der Waals surface area (Å²) in [4.78, 5) is 3.10. The average Bonchev–Trinajstić information content (AvgIpc) is 2.17. The van der Waals surface area contributed by atoms with E-state index in [1.807, 2.05) is 19.9 Å².